The molecule has 2 aliphatic rings. The summed E-state index contributed by atoms with van der Waals surface area (Å²) in [7, 11) is 0. The second kappa shape index (κ2) is 4.95. The summed E-state index contributed by atoms with van der Waals surface area (Å²) in [5.74, 6) is 1.66. The maximum absolute atomic E-state index is 5.59. The minimum absolute atomic E-state index is 0.584. The Bertz CT molecular complexity index is 635. The third-order valence-electron chi connectivity index (χ3n) is 4.44. The fourth-order valence-electron chi connectivity index (χ4n) is 3.42. The molecule has 0 bridgehead atoms. The van der Waals surface area contributed by atoms with Gasteiger partial charge in [-0.2, -0.15) is 0 Å². The van der Waals surface area contributed by atoms with Gasteiger partial charge in [0, 0.05) is 25.4 Å². The number of nitrogens with one attached hydrogen (secondary N) is 1. The van der Waals surface area contributed by atoms with Crippen molar-refractivity contribution in [2.75, 3.05) is 13.2 Å². The normalized spacial score (nSPS) is 20.1. The smallest absolute Gasteiger partial charge is 0.122 e. The van der Waals surface area contributed by atoms with E-state index in [2.05, 4.69) is 47.8 Å². The van der Waals surface area contributed by atoms with E-state index in [0.717, 1.165) is 38.3 Å². The Morgan fingerprint density at radius 2 is 2.05 bits per heavy atom. The molecule has 0 radical (unpaired) electrons. The second-order valence-corrected chi connectivity index (χ2v) is 5.77. The molecule has 0 saturated heterocycles. The molecule has 2 heterocycles. The Balaban J connectivity index is 1.61. The van der Waals surface area contributed by atoms with Crippen molar-refractivity contribution in [2.24, 2.45) is 0 Å². The van der Waals surface area contributed by atoms with Gasteiger partial charge in [-0.25, -0.2) is 0 Å². The number of fused-ring (bicyclic) bond motifs is 2. The number of ether oxygens (including phenoxy) is 1. The first-order valence-corrected chi connectivity index (χ1v) is 7.43. The second-order valence-electron chi connectivity index (χ2n) is 5.77. The molecule has 0 amide bonds. The maximum atomic E-state index is 5.59. The van der Waals surface area contributed by atoms with Crippen molar-refractivity contribution in [3.05, 3.63) is 64.7 Å². The Hall–Kier alpha value is -1.80. The van der Waals surface area contributed by atoms with Gasteiger partial charge in [0.05, 0.1) is 6.61 Å². The predicted octanol–water partition coefficient (Wildman–Crippen LogP) is 3.05. The van der Waals surface area contributed by atoms with Crippen LogP contribution < -0.4 is 10.1 Å². The molecular weight excluding hydrogens is 246 g/mol. The Labute approximate surface area is 119 Å². The lowest BCUT2D eigenvalue weighted by Crippen LogP contribution is -2.29. The van der Waals surface area contributed by atoms with Crippen molar-refractivity contribution >= 4 is 0 Å². The molecule has 0 fully saturated rings. The van der Waals surface area contributed by atoms with Gasteiger partial charge < -0.3 is 10.1 Å². The fraction of sp³-hybridized carbons (Fsp3) is 0.333. The lowest BCUT2D eigenvalue weighted by Gasteiger charge is -2.26. The van der Waals surface area contributed by atoms with Crippen LogP contribution >= 0.6 is 0 Å². The molecule has 2 aromatic rings. The van der Waals surface area contributed by atoms with Crippen LogP contribution in [0.4, 0.5) is 0 Å². The number of rotatable bonds is 2. The van der Waals surface area contributed by atoms with Crippen LogP contribution in [0.3, 0.4) is 0 Å². The van der Waals surface area contributed by atoms with E-state index in [1.165, 1.54) is 22.3 Å². The highest BCUT2D eigenvalue weighted by Gasteiger charge is 2.20. The van der Waals surface area contributed by atoms with Crippen molar-refractivity contribution in [3.63, 3.8) is 0 Å². The van der Waals surface area contributed by atoms with Gasteiger partial charge in [0.1, 0.15) is 5.75 Å². The van der Waals surface area contributed by atoms with Crippen LogP contribution in [0.25, 0.3) is 0 Å². The highest BCUT2D eigenvalue weighted by Crippen LogP contribution is 2.30. The first-order valence-electron chi connectivity index (χ1n) is 7.43. The van der Waals surface area contributed by atoms with E-state index in [4.69, 9.17) is 4.74 Å². The zero-order chi connectivity index (χ0) is 13.4. The van der Waals surface area contributed by atoms with E-state index in [1.807, 2.05) is 0 Å². The molecule has 20 heavy (non-hydrogen) atoms. The minimum Gasteiger partial charge on any atom is -0.493 e. The van der Waals surface area contributed by atoms with Crippen LogP contribution in [0, 0.1) is 0 Å². The van der Waals surface area contributed by atoms with Crippen molar-refractivity contribution in [1.82, 2.24) is 5.32 Å². The lowest BCUT2D eigenvalue weighted by atomic mass is 9.86. The van der Waals surface area contributed by atoms with E-state index in [1.54, 1.807) is 0 Å². The Kier molecular flexibility index (Phi) is 2.96. The summed E-state index contributed by atoms with van der Waals surface area (Å²) >= 11 is 0. The molecule has 2 aromatic carbocycles. The van der Waals surface area contributed by atoms with Crippen LogP contribution in [-0.2, 0) is 19.4 Å². The van der Waals surface area contributed by atoms with Gasteiger partial charge >= 0.3 is 0 Å². The molecule has 4 rings (SSSR count). The topological polar surface area (TPSA) is 21.3 Å². The Morgan fingerprint density at radius 3 is 3.05 bits per heavy atom. The van der Waals surface area contributed by atoms with E-state index in [9.17, 15) is 0 Å². The molecule has 2 nitrogen and oxygen atoms in total. The number of hydrogen-bond acceptors (Lipinski definition) is 2. The molecular formula is C18H19NO. The van der Waals surface area contributed by atoms with Crippen molar-refractivity contribution < 1.29 is 4.74 Å². The van der Waals surface area contributed by atoms with E-state index in [-0.39, 0.29) is 0 Å². The van der Waals surface area contributed by atoms with Crippen LogP contribution in [0.1, 0.15) is 28.2 Å². The van der Waals surface area contributed by atoms with E-state index < -0.39 is 0 Å². The molecule has 2 aliphatic heterocycles. The van der Waals surface area contributed by atoms with Crippen molar-refractivity contribution in [2.45, 2.75) is 25.3 Å². The van der Waals surface area contributed by atoms with Gasteiger partial charge in [-0.05, 0) is 34.7 Å². The van der Waals surface area contributed by atoms with Gasteiger partial charge in [-0.1, -0.05) is 36.4 Å². The summed E-state index contributed by atoms with van der Waals surface area (Å²) in [5, 5.41) is 3.54. The molecule has 1 unspecified atom stereocenters. The van der Waals surface area contributed by atoms with Crippen LogP contribution in [-0.4, -0.2) is 13.2 Å². The summed E-state index contributed by atoms with van der Waals surface area (Å²) in [6, 6.07) is 15.5. The third-order valence-corrected chi connectivity index (χ3v) is 4.44. The maximum Gasteiger partial charge on any atom is 0.122 e. The molecule has 1 atom stereocenters. The lowest BCUT2D eigenvalue weighted by molar-refractivity contribution is 0.357. The van der Waals surface area contributed by atoms with Gasteiger partial charge in [-0.3, -0.25) is 0 Å². The highest BCUT2D eigenvalue weighted by atomic mass is 16.5. The number of benzene rings is 2. The largest absolute Gasteiger partial charge is 0.493 e. The van der Waals surface area contributed by atoms with Crippen LogP contribution in [0.2, 0.25) is 0 Å². The fourth-order valence-corrected chi connectivity index (χ4v) is 3.42. The third kappa shape index (κ3) is 2.10. The molecule has 1 N–H and O–H groups in total. The monoisotopic (exact) mass is 265 g/mol. The van der Waals surface area contributed by atoms with Crippen LogP contribution in [0.15, 0.2) is 42.5 Å². The van der Waals surface area contributed by atoms with Gasteiger partial charge in [0.25, 0.3) is 0 Å². The average Bonchev–Trinajstić information content (AvgIpc) is 2.95. The highest BCUT2D eigenvalue weighted by molar-refractivity contribution is 5.41. The van der Waals surface area contributed by atoms with Gasteiger partial charge in [-0.15, -0.1) is 0 Å². The zero-order valence-corrected chi connectivity index (χ0v) is 11.6. The van der Waals surface area contributed by atoms with E-state index in [0.29, 0.717) is 5.92 Å². The molecule has 0 spiro atoms. The zero-order valence-electron chi connectivity index (χ0n) is 11.6. The van der Waals surface area contributed by atoms with Crippen molar-refractivity contribution in [3.8, 4) is 5.75 Å². The molecule has 2 heteroatoms. The quantitative estimate of drug-likeness (QED) is 0.901. The molecule has 0 aromatic heterocycles. The molecule has 102 valence electrons. The molecule has 0 saturated carbocycles. The van der Waals surface area contributed by atoms with Gasteiger partial charge in [0.2, 0.25) is 0 Å². The predicted molar refractivity (Wildman–Crippen MR) is 80.2 cm³/mol. The SMILES string of the molecule is c1ccc2c(c1)CNCC2Cc1ccc2c(c1)CCO2. The van der Waals surface area contributed by atoms with E-state index >= 15 is 0 Å². The summed E-state index contributed by atoms with van der Waals surface area (Å²) in [6.07, 6.45) is 2.17. The first kappa shape index (κ1) is 12.0. The minimum atomic E-state index is 0.584. The van der Waals surface area contributed by atoms with Crippen LogP contribution in [0.5, 0.6) is 5.75 Å². The first-order chi connectivity index (χ1) is 9.90. The van der Waals surface area contributed by atoms with Gasteiger partial charge in [0.15, 0.2) is 0 Å². The molecule has 0 aliphatic carbocycles. The number of hydrogen-bond donors (Lipinski definition) is 1. The average molecular weight is 265 g/mol. The standard InChI is InChI=1S/C18H19NO/c1-2-4-17-15(3-1)11-19-12-16(17)10-13-5-6-18-14(9-13)7-8-20-18/h1-6,9,16,19H,7-8,10-12H2. The Morgan fingerprint density at radius 1 is 1.10 bits per heavy atom. The van der Waals surface area contributed by atoms with Crippen molar-refractivity contribution in [1.29, 1.82) is 0 Å². The summed E-state index contributed by atoms with van der Waals surface area (Å²) in [5.41, 5.74) is 5.77. The summed E-state index contributed by atoms with van der Waals surface area (Å²) in [6.45, 7) is 2.92. The summed E-state index contributed by atoms with van der Waals surface area (Å²) in [4.78, 5) is 0. The summed E-state index contributed by atoms with van der Waals surface area (Å²) < 4.78 is 5.59.